The molecule has 1 aliphatic heterocycles. The van der Waals surface area contributed by atoms with Gasteiger partial charge in [0.15, 0.2) is 23.3 Å². The van der Waals surface area contributed by atoms with Gasteiger partial charge in [-0.3, -0.25) is 4.98 Å². The summed E-state index contributed by atoms with van der Waals surface area (Å²) < 4.78 is 0. The summed E-state index contributed by atoms with van der Waals surface area (Å²) in [5.74, 6) is 3.24. The van der Waals surface area contributed by atoms with E-state index in [1.807, 2.05) is 121 Å². The molecule has 0 fully saturated rings. The summed E-state index contributed by atoms with van der Waals surface area (Å²) in [6, 6.07) is 69.9. The van der Waals surface area contributed by atoms with Gasteiger partial charge in [-0.1, -0.05) is 188 Å². The molecule has 2 aromatic heterocycles. The quantitative estimate of drug-likeness (QED) is 0.158. The van der Waals surface area contributed by atoms with E-state index in [2.05, 4.69) is 96.3 Å². The molecule has 0 amide bonds. The Morgan fingerprint density at radius 1 is 0.367 bits per heavy atom. The van der Waals surface area contributed by atoms with Crippen LogP contribution in [0.5, 0.6) is 0 Å². The van der Waals surface area contributed by atoms with Crippen LogP contribution in [0.25, 0.3) is 67.7 Å². The SMILES string of the molecule is c1ccc(C2=NC(c3ccccc3)NC(c3ccccc3-c3ccc(-c4ccccc4-c4nc(-c5ccccc5)nc(-c5ccccc5)n4)c(-c4ccccn4)c3)=N2)cc1. The molecular weight excluding hydrogens is 735 g/mol. The number of hydrogen-bond donors (Lipinski definition) is 1. The zero-order valence-corrected chi connectivity index (χ0v) is 32.5. The number of nitrogens with zero attached hydrogens (tertiary/aromatic N) is 6. The highest BCUT2D eigenvalue weighted by atomic mass is 15.2. The molecule has 0 radical (unpaired) electrons. The van der Waals surface area contributed by atoms with Gasteiger partial charge in [-0.2, -0.15) is 0 Å². The first kappa shape index (κ1) is 36.2. The number of pyridine rings is 1. The number of amidine groups is 2. The van der Waals surface area contributed by atoms with E-state index in [1.165, 1.54) is 0 Å². The molecule has 0 bridgehead atoms. The average Bonchev–Trinajstić information content (AvgIpc) is 3.35. The molecule has 0 saturated carbocycles. The summed E-state index contributed by atoms with van der Waals surface area (Å²) >= 11 is 0. The molecule has 0 aliphatic carbocycles. The Bertz CT molecular complexity index is 2930. The number of hydrogen-bond acceptors (Lipinski definition) is 7. The van der Waals surface area contributed by atoms with Crippen molar-refractivity contribution in [2.24, 2.45) is 9.98 Å². The van der Waals surface area contributed by atoms with Crippen LogP contribution in [-0.2, 0) is 0 Å². The molecular formula is C53H37N7. The minimum atomic E-state index is -0.315. The number of rotatable bonds is 9. The van der Waals surface area contributed by atoms with Crippen molar-refractivity contribution < 1.29 is 0 Å². The second kappa shape index (κ2) is 16.4. The van der Waals surface area contributed by atoms with E-state index in [1.54, 1.807) is 0 Å². The Kier molecular flexibility index (Phi) is 9.87. The summed E-state index contributed by atoms with van der Waals surface area (Å²) in [6.45, 7) is 0. The Morgan fingerprint density at radius 2 is 0.883 bits per heavy atom. The topological polar surface area (TPSA) is 88.3 Å². The first-order valence-corrected chi connectivity index (χ1v) is 19.9. The molecule has 1 unspecified atom stereocenters. The van der Waals surface area contributed by atoms with Crippen molar-refractivity contribution in [1.82, 2.24) is 25.3 Å². The second-order valence-corrected chi connectivity index (χ2v) is 14.3. The Morgan fingerprint density at radius 3 is 1.52 bits per heavy atom. The van der Waals surface area contributed by atoms with E-state index in [9.17, 15) is 0 Å². The highest BCUT2D eigenvalue weighted by Crippen LogP contribution is 2.40. The van der Waals surface area contributed by atoms with Crippen molar-refractivity contribution in [3.63, 3.8) is 0 Å². The molecule has 7 aromatic carbocycles. The van der Waals surface area contributed by atoms with E-state index in [0.717, 1.165) is 72.7 Å². The molecule has 0 saturated heterocycles. The minimum Gasteiger partial charge on any atom is -0.344 e. The number of aromatic nitrogens is 4. The first-order chi connectivity index (χ1) is 29.7. The molecule has 0 spiro atoms. The lowest BCUT2D eigenvalue weighted by atomic mass is 9.89. The zero-order valence-electron chi connectivity index (χ0n) is 32.5. The maximum atomic E-state index is 5.16. The van der Waals surface area contributed by atoms with E-state index in [4.69, 9.17) is 29.9 Å². The van der Waals surface area contributed by atoms with Crippen LogP contribution < -0.4 is 5.32 Å². The van der Waals surface area contributed by atoms with E-state index >= 15 is 0 Å². The molecule has 1 N–H and O–H groups in total. The molecule has 9 aromatic rings. The number of aliphatic imine (C=N–C) groups is 2. The summed E-state index contributed by atoms with van der Waals surface area (Å²) in [7, 11) is 0. The molecule has 284 valence electrons. The highest BCUT2D eigenvalue weighted by molar-refractivity contribution is 6.15. The predicted molar refractivity (Wildman–Crippen MR) is 242 cm³/mol. The lowest BCUT2D eigenvalue weighted by Crippen LogP contribution is -2.33. The highest BCUT2D eigenvalue weighted by Gasteiger charge is 2.24. The maximum absolute atomic E-state index is 5.16. The van der Waals surface area contributed by atoms with Gasteiger partial charge in [0.1, 0.15) is 12.0 Å². The molecule has 10 rings (SSSR count). The van der Waals surface area contributed by atoms with Crippen molar-refractivity contribution in [1.29, 1.82) is 0 Å². The van der Waals surface area contributed by atoms with E-state index < -0.39 is 0 Å². The van der Waals surface area contributed by atoms with Crippen molar-refractivity contribution >= 4 is 11.7 Å². The fourth-order valence-electron chi connectivity index (χ4n) is 7.57. The summed E-state index contributed by atoms with van der Waals surface area (Å²) in [6.07, 6.45) is 1.52. The maximum Gasteiger partial charge on any atom is 0.164 e. The second-order valence-electron chi connectivity index (χ2n) is 14.3. The van der Waals surface area contributed by atoms with Crippen LogP contribution in [0.2, 0.25) is 0 Å². The van der Waals surface area contributed by atoms with Gasteiger partial charge in [0.2, 0.25) is 0 Å². The lowest BCUT2D eigenvalue weighted by molar-refractivity contribution is 0.674. The molecule has 7 nitrogen and oxygen atoms in total. The third-order valence-corrected chi connectivity index (χ3v) is 10.5. The molecule has 1 atom stereocenters. The molecule has 7 heteroatoms. The van der Waals surface area contributed by atoms with Crippen molar-refractivity contribution in [2.45, 2.75) is 6.17 Å². The van der Waals surface area contributed by atoms with Crippen molar-refractivity contribution in [3.8, 4) is 67.7 Å². The first-order valence-electron chi connectivity index (χ1n) is 19.9. The van der Waals surface area contributed by atoms with Gasteiger partial charge in [0.05, 0.1) is 5.69 Å². The van der Waals surface area contributed by atoms with Crippen LogP contribution in [0.15, 0.2) is 222 Å². The van der Waals surface area contributed by atoms with Gasteiger partial charge in [-0.15, -0.1) is 0 Å². The third-order valence-electron chi connectivity index (χ3n) is 10.5. The average molecular weight is 772 g/mol. The number of benzene rings is 7. The van der Waals surface area contributed by atoms with E-state index in [0.29, 0.717) is 23.3 Å². The Balaban J connectivity index is 1.12. The molecule has 3 heterocycles. The van der Waals surface area contributed by atoms with Crippen molar-refractivity contribution in [3.05, 3.63) is 229 Å². The van der Waals surface area contributed by atoms with Gasteiger partial charge < -0.3 is 5.32 Å². The summed E-state index contributed by atoms with van der Waals surface area (Å²) in [4.78, 5) is 30.3. The van der Waals surface area contributed by atoms with Crippen molar-refractivity contribution in [2.75, 3.05) is 0 Å². The van der Waals surface area contributed by atoms with Crippen LogP contribution >= 0.6 is 0 Å². The van der Waals surface area contributed by atoms with Gasteiger partial charge in [0.25, 0.3) is 0 Å². The minimum absolute atomic E-state index is 0.315. The normalized spacial score (nSPS) is 13.5. The van der Waals surface area contributed by atoms with Crippen LogP contribution in [0, 0.1) is 0 Å². The third kappa shape index (κ3) is 7.39. The monoisotopic (exact) mass is 771 g/mol. The Hall–Kier alpha value is -8.16. The standard InChI is InChI=1S/C53H37N7/c1-5-19-36(20-6-1)48-55-49(37-21-7-2-8-22-37)58-52(57-48)44-29-15-13-27-41(44)40-32-33-43(46(35-40)47-31-17-18-34-54-47)42-28-14-16-30-45(42)53-59-50(38-23-9-3-10-24-38)56-51(60-53)39-25-11-4-12-26-39/h1-35,48H,(H,55,57,58). The van der Waals surface area contributed by atoms with Gasteiger partial charge in [-0.05, 0) is 46.0 Å². The number of nitrogens with one attached hydrogen (secondary N) is 1. The van der Waals surface area contributed by atoms with Crippen LogP contribution in [-0.4, -0.2) is 31.6 Å². The molecule has 1 aliphatic rings. The van der Waals surface area contributed by atoms with E-state index in [-0.39, 0.29) is 6.17 Å². The predicted octanol–water partition coefficient (Wildman–Crippen LogP) is 11.8. The fraction of sp³-hybridized carbons (Fsp3) is 0.0189. The van der Waals surface area contributed by atoms with Crippen LogP contribution in [0.1, 0.15) is 22.9 Å². The van der Waals surface area contributed by atoms with Gasteiger partial charge >= 0.3 is 0 Å². The zero-order chi connectivity index (χ0) is 40.1. The fourth-order valence-corrected chi connectivity index (χ4v) is 7.57. The summed E-state index contributed by atoms with van der Waals surface area (Å²) in [5, 5.41) is 3.67. The lowest BCUT2D eigenvalue weighted by Gasteiger charge is -2.25. The molecule has 60 heavy (non-hydrogen) atoms. The summed E-state index contributed by atoms with van der Waals surface area (Å²) in [5.41, 5.74) is 11.6. The van der Waals surface area contributed by atoms with Gasteiger partial charge in [-0.25, -0.2) is 24.9 Å². The smallest absolute Gasteiger partial charge is 0.164 e. The largest absolute Gasteiger partial charge is 0.344 e. The Labute approximate surface area is 348 Å². The van der Waals surface area contributed by atoms with Crippen LogP contribution in [0.4, 0.5) is 0 Å². The van der Waals surface area contributed by atoms with Gasteiger partial charge in [0, 0.05) is 39.6 Å². The van der Waals surface area contributed by atoms with Crippen LogP contribution in [0.3, 0.4) is 0 Å².